The second kappa shape index (κ2) is 12.5. The highest BCUT2D eigenvalue weighted by molar-refractivity contribution is 7.65. The summed E-state index contributed by atoms with van der Waals surface area (Å²) in [4.78, 5) is 22.3. The average molecular weight is 607 g/mol. The number of nitrogens with zero attached hydrogens (tertiary/aromatic N) is 6. The van der Waals surface area contributed by atoms with Crippen LogP contribution in [0.5, 0.6) is 0 Å². The van der Waals surface area contributed by atoms with Gasteiger partial charge in [0.25, 0.3) is 5.56 Å². The van der Waals surface area contributed by atoms with Crippen molar-refractivity contribution in [2.45, 2.75) is 37.5 Å². The van der Waals surface area contributed by atoms with Gasteiger partial charge in [0.05, 0.1) is 31.3 Å². The molecule has 40 heavy (non-hydrogen) atoms. The number of aromatic nitrogens is 7. The molecule has 0 saturated carbocycles. The number of aromatic amines is 1. The molecule has 6 atom stereocenters. The molecule has 0 spiro atoms. The first-order chi connectivity index (χ1) is 19.0. The number of H-pyrrole nitrogens is 1. The second-order valence-corrected chi connectivity index (χ2v) is 12.9. The number of aliphatic hydroxyl groups is 2. The van der Waals surface area contributed by atoms with Crippen LogP contribution in [0.1, 0.15) is 11.9 Å². The van der Waals surface area contributed by atoms with Crippen molar-refractivity contribution in [1.29, 1.82) is 0 Å². The van der Waals surface area contributed by atoms with E-state index in [0.29, 0.717) is 18.8 Å². The summed E-state index contributed by atoms with van der Waals surface area (Å²) < 4.78 is 55.3. The van der Waals surface area contributed by atoms with Crippen LogP contribution in [0.15, 0.2) is 17.3 Å². The minimum atomic E-state index is -4.50. The van der Waals surface area contributed by atoms with Crippen molar-refractivity contribution >= 4 is 32.5 Å². The van der Waals surface area contributed by atoms with E-state index in [1.807, 2.05) is 0 Å². The summed E-state index contributed by atoms with van der Waals surface area (Å²) in [6, 6.07) is 0. The number of rotatable bonds is 14. The zero-order valence-corrected chi connectivity index (χ0v) is 23.6. The monoisotopic (exact) mass is 607 g/mol. The lowest BCUT2D eigenvalue weighted by Crippen LogP contribution is -2.33. The third-order valence-corrected chi connectivity index (χ3v) is 10.0. The van der Waals surface area contributed by atoms with Crippen LogP contribution < -0.4 is 16.6 Å². The van der Waals surface area contributed by atoms with Crippen molar-refractivity contribution in [2.75, 3.05) is 46.3 Å². The van der Waals surface area contributed by atoms with Crippen LogP contribution in [-0.4, -0.2) is 104 Å². The lowest BCUT2D eigenvalue weighted by atomic mass is 10.1. The molecule has 4 unspecified atom stereocenters. The fraction of sp³-hybridized carbons (Fsp3) is 0.632. The van der Waals surface area contributed by atoms with E-state index < -0.39 is 52.1 Å². The number of hydrogen-bond donors (Lipinski definition) is 5. The maximum Gasteiger partial charge on any atom is 0.481 e. The quantitative estimate of drug-likeness (QED) is 0.138. The molecule has 1 saturated heterocycles. The highest BCUT2D eigenvalue weighted by Gasteiger charge is 2.46. The van der Waals surface area contributed by atoms with Crippen molar-refractivity contribution in [3.05, 3.63) is 28.6 Å². The van der Waals surface area contributed by atoms with E-state index >= 15 is 0 Å². The van der Waals surface area contributed by atoms with E-state index in [-0.39, 0.29) is 29.7 Å². The predicted octanol–water partition coefficient (Wildman–Crippen LogP) is -0.998. The van der Waals surface area contributed by atoms with Crippen LogP contribution in [0, 0.1) is 0 Å². The fourth-order valence-corrected chi connectivity index (χ4v) is 7.25. The summed E-state index contributed by atoms with van der Waals surface area (Å²) in [5.74, 6) is -0.189. The number of likely N-dealkylation sites (N-methyl/N-ethyl adjacent to an activating group) is 1. The largest absolute Gasteiger partial charge is 0.481 e. The number of aliphatic hydroxyl groups excluding tert-OH is 2. The van der Waals surface area contributed by atoms with Crippen LogP contribution >= 0.6 is 15.4 Å². The van der Waals surface area contributed by atoms with E-state index in [2.05, 4.69) is 30.6 Å². The molecular weight excluding hydrogens is 576 g/mol. The highest BCUT2D eigenvalue weighted by atomic mass is 31.3. The Morgan fingerprint density at radius 3 is 2.73 bits per heavy atom. The Labute approximate surface area is 227 Å². The van der Waals surface area contributed by atoms with E-state index in [1.165, 1.54) is 10.9 Å². The zero-order valence-electron chi connectivity index (χ0n) is 21.8. The number of hydrogen-bond acceptors (Lipinski definition) is 16. The van der Waals surface area contributed by atoms with Gasteiger partial charge in [-0.15, -0.1) is 5.10 Å². The van der Waals surface area contributed by atoms with Gasteiger partial charge in [0.1, 0.15) is 18.3 Å². The standard InChI is InChI=1S/C19H31N9O10P2/c1-21-5-6-27-8-11(25-26-27)4-7-39(32,34-2)38-40(33,35-3)36-9-12-14(29)15(30)18(37-12)28-10-22-13-16(28)23-19(20)24-17(13)31/h8,10,12,14-15,18,21,29-30H,4-7,9H2,1-3H3,(H3,20,23,24,31)/t12-,14?,15?,18-,39?,40?/m1/s1. The SMILES string of the molecule is CNCCn1cc(CCP(=O)(OC)OP(=O)(OC)OC[C@H]2O[C@@H](n3cnc4c(=O)[nH]c(N)nc43)C(O)C2O)nn1. The van der Waals surface area contributed by atoms with Crippen molar-refractivity contribution in [2.24, 2.45) is 0 Å². The summed E-state index contributed by atoms with van der Waals surface area (Å²) in [5, 5.41) is 32.1. The van der Waals surface area contributed by atoms with Gasteiger partial charge in [-0.1, -0.05) is 5.21 Å². The molecular formula is C19H31N9O10P2. The molecule has 0 amide bonds. The molecule has 3 aromatic rings. The number of anilines is 1. The zero-order chi connectivity index (χ0) is 29.1. The van der Waals surface area contributed by atoms with E-state index in [4.69, 9.17) is 28.4 Å². The summed E-state index contributed by atoms with van der Waals surface area (Å²) in [5.41, 5.74) is 5.46. The molecule has 4 heterocycles. The Morgan fingerprint density at radius 1 is 1.25 bits per heavy atom. The van der Waals surface area contributed by atoms with E-state index in [0.717, 1.165) is 14.2 Å². The van der Waals surface area contributed by atoms with Gasteiger partial charge in [-0.2, -0.15) is 4.98 Å². The number of phosphoric acid groups is 1. The molecule has 0 aliphatic carbocycles. The molecule has 1 aliphatic heterocycles. The fourth-order valence-electron chi connectivity index (χ4n) is 3.86. The minimum Gasteiger partial charge on any atom is -0.387 e. The Balaban J connectivity index is 1.40. The van der Waals surface area contributed by atoms with Gasteiger partial charge < -0.3 is 30.5 Å². The van der Waals surface area contributed by atoms with Crippen LogP contribution in [0.25, 0.3) is 11.2 Å². The van der Waals surface area contributed by atoms with Crippen molar-refractivity contribution < 1.29 is 42.0 Å². The van der Waals surface area contributed by atoms with Gasteiger partial charge in [0.2, 0.25) is 5.95 Å². The Bertz CT molecular complexity index is 1460. The number of ether oxygens (including phenoxy) is 1. The normalized spacial score (nSPS) is 24.3. The Morgan fingerprint density at radius 2 is 2.02 bits per heavy atom. The minimum absolute atomic E-state index is 0.00746. The van der Waals surface area contributed by atoms with Crippen molar-refractivity contribution in [3.63, 3.8) is 0 Å². The van der Waals surface area contributed by atoms with Crippen LogP contribution in [0.4, 0.5) is 5.95 Å². The van der Waals surface area contributed by atoms with E-state index in [1.54, 1.807) is 17.9 Å². The van der Waals surface area contributed by atoms with Crippen LogP contribution in [0.3, 0.4) is 0 Å². The first-order valence-corrected chi connectivity index (χ1v) is 15.1. The molecule has 0 aromatic carbocycles. The number of imidazole rings is 1. The Hall–Kier alpha value is -2.57. The topological polar surface area (TPSA) is 253 Å². The van der Waals surface area contributed by atoms with Gasteiger partial charge in [-0.3, -0.25) is 32.6 Å². The maximum absolute atomic E-state index is 13.2. The summed E-state index contributed by atoms with van der Waals surface area (Å²) in [7, 11) is -4.57. The number of nitrogen functional groups attached to an aromatic ring is 1. The number of nitrogens with two attached hydrogens (primary N) is 1. The smallest absolute Gasteiger partial charge is 0.387 e. The molecule has 4 rings (SSSR count). The third kappa shape index (κ3) is 6.66. The molecule has 1 aliphatic rings. The summed E-state index contributed by atoms with van der Waals surface area (Å²) >= 11 is 0. The van der Waals surface area contributed by atoms with Gasteiger partial charge in [0, 0.05) is 33.4 Å². The third-order valence-electron chi connectivity index (χ3n) is 6.00. The lowest BCUT2D eigenvalue weighted by molar-refractivity contribution is -0.0506. The first kappa shape index (κ1) is 30.4. The second-order valence-electron chi connectivity index (χ2n) is 8.67. The highest BCUT2D eigenvalue weighted by Crippen LogP contribution is 2.65. The maximum atomic E-state index is 13.2. The molecule has 0 radical (unpaired) electrons. The average Bonchev–Trinajstić information content (AvgIpc) is 3.63. The van der Waals surface area contributed by atoms with Crippen molar-refractivity contribution in [3.8, 4) is 0 Å². The molecule has 6 N–H and O–H groups in total. The number of nitrogens with one attached hydrogen (secondary N) is 2. The summed E-state index contributed by atoms with van der Waals surface area (Å²) in [6.07, 6.45) is -2.78. The van der Waals surface area contributed by atoms with Crippen LogP contribution in [-0.2, 0) is 44.7 Å². The van der Waals surface area contributed by atoms with Gasteiger partial charge in [-0.05, 0) is 7.05 Å². The molecule has 0 bridgehead atoms. The molecule has 1 fully saturated rings. The number of phosphoric ester groups is 1. The van der Waals surface area contributed by atoms with E-state index in [9.17, 15) is 24.1 Å². The molecule has 21 heteroatoms. The summed E-state index contributed by atoms with van der Waals surface area (Å²) in [6.45, 7) is 0.656. The van der Waals surface area contributed by atoms with Gasteiger partial charge in [0.15, 0.2) is 17.4 Å². The molecule has 3 aromatic heterocycles. The lowest BCUT2D eigenvalue weighted by Gasteiger charge is -2.23. The number of fused-ring (bicyclic) bond motifs is 1. The predicted molar refractivity (Wildman–Crippen MR) is 137 cm³/mol. The van der Waals surface area contributed by atoms with Gasteiger partial charge in [-0.25, -0.2) is 13.9 Å². The first-order valence-electron chi connectivity index (χ1n) is 12.0. The Kier molecular flexibility index (Phi) is 9.51. The number of aryl methyl sites for hydroxylation is 1. The van der Waals surface area contributed by atoms with Crippen molar-refractivity contribution in [1.82, 2.24) is 39.8 Å². The molecule has 222 valence electrons. The molecule has 19 nitrogen and oxygen atoms in total. The van der Waals surface area contributed by atoms with Gasteiger partial charge >= 0.3 is 15.4 Å². The van der Waals surface area contributed by atoms with Crippen LogP contribution in [0.2, 0.25) is 0 Å².